The topological polar surface area (TPSA) is 101 Å². The second kappa shape index (κ2) is 8.16. The predicted molar refractivity (Wildman–Crippen MR) is 63.0 cm³/mol. The van der Waals surface area contributed by atoms with Crippen molar-refractivity contribution in [3.05, 3.63) is 35.9 Å². The van der Waals surface area contributed by atoms with Crippen molar-refractivity contribution in [3.63, 3.8) is 0 Å². The molecule has 5 N–H and O–H groups in total. The van der Waals surface area contributed by atoms with Crippen molar-refractivity contribution in [3.8, 4) is 0 Å². The van der Waals surface area contributed by atoms with E-state index in [0.29, 0.717) is 12.0 Å². The van der Waals surface area contributed by atoms with Gasteiger partial charge in [0.15, 0.2) is 5.79 Å². The third-order valence-electron chi connectivity index (χ3n) is 2.15. The van der Waals surface area contributed by atoms with E-state index in [4.69, 9.17) is 15.3 Å². The molecule has 0 aliphatic carbocycles. The molecule has 0 aliphatic rings. The second-order valence-corrected chi connectivity index (χ2v) is 3.56. The molecule has 98 valence electrons. The van der Waals surface area contributed by atoms with Gasteiger partial charge in [-0.05, 0) is 0 Å². The molecule has 17 heavy (non-hydrogen) atoms. The molecule has 0 aromatic heterocycles. The van der Waals surface area contributed by atoms with Crippen LogP contribution in [0.5, 0.6) is 0 Å². The van der Waals surface area contributed by atoms with Crippen LogP contribution in [0.1, 0.15) is 18.9 Å². The first-order valence-electron chi connectivity index (χ1n) is 5.38. The Morgan fingerprint density at radius 3 is 1.82 bits per heavy atom. The van der Waals surface area contributed by atoms with Gasteiger partial charge < -0.3 is 25.5 Å². The number of benzene rings is 1. The summed E-state index contributed by atoms with van der Waals surface area (Å²) in [7, 11) is 0. The number of aliphatic hydroxyl groups is 5. The molecule has 0 atom stereocenters. The summed E-state index contributed by atoms with van der Waals surface area (Å²) in [5.74, 6) is -1.67. The molecule has 0 fully saturated rings. The molecule has 1 rings (SSSR count). The number of hydrogen-bond donors (Lipinski definition) is 5. The van der Waals surface area contributed by atoms with Crippen molar-refractivity contribution in [2.75, 3.05) is 13.2 Å². The standard InChI is InChI=1S/C9H12O2.C3H8O3/c1-2-9(10,11)8-6-4-3-5-7-8;4-1-3(6)2-5/h3-7,10-11H,2H2,1H3;3-6H,1-2H2. The summed E-state index contributed by atoms with van der Waals surface area (Å²) in [5.41, 5.74) is 0.544. The van der Waals surface area contributed by atoms with Crippen molar-refractivity contribution in [1.82, 2.24) is 0 Å². The quantitative estimate of drug-likeness (QED) is 0.462. The highest BCUT2D eigenvalue weighted by Gasteiger charge is 2.21. The molecule has 0 radical (unpaired) electrons. The van der Waals surface area contributed by atoms with Gasteiger partial charge in [-0.15, -0.1) is 0 Å². The fourth-order valence-corrected chi connectivity index (χ4v) is 0.967. The molecule has 0 spiro atoms. The summed E-state index contributed by atoms with van der Waals surface area (Å²) in [6.07, 6.45) is -0.651. The van der Waals surface area contributed by atoms with Gasteiger partial charge in [-0.3, -0.25) is 0 Å². The highest BCUT2D eigenvalue weighted by molar-refractivity contribution is 5.19. The summed E-state index contributed by atoms with van der Waals surface area (Å²) < 4.78 is 0. The number of hydrogen-bond acceptors (Lipinski definition) is 5. The molecule has 5 nitrogen and oxygen atoms in total. The summed E-state index contributed by atoms with van der Waals surface area (Å²) in [4.78, 5) is 0. The second-order valence-electron chi connectivity index (χ2n) is 3.56. The van der Waals surface area contributed by atoms with Crippen molar-refractivity contribution in [2.24, 2.45) is 0 Å². The smallest absolute Gasteiger partial charge is 0.189 e. The van der Waals surface area contributed by atoms with Gasteiger partial charge in [0.2, 0.25) is 0 Å². The Bertz CT molecular complexity index is 282. The van der Waals surface area contributed by atoms with E-state index >= 15 is 0 Å². The van der Waals surface area contributed by atoms with E-state index in [1.807, 2.05) is 6.07 Å². The SMILES string of the molecule is CCC(O)(O)c1ccccc1.OCC(O)CO. The molecule has 0 aliphatic heterocycles. The molecular formula is C12H20O5. The predicted octanol–water partition coefficient (Wildman–Crippen LogP) is -0.434. The first-order chi connectivity index (χ1) is 7.97. The van der Waals surface area contributed by atoms with Crippen LogP contribution in [-0.2, 0) is 5.79 Å². The van der Waals surface area contributed by atoms with Crippen LogP contribution in [0.2, 0.25) is 0 Å². The van der Waals surface area contributed by atoms with Gasteiger partial charge in [0.25, 0.3) is 0 Å². The Morgan fingerprint density at radius 1 is 1.06 bits per heavy atom. The van der Waals surface area contributed by atoms with Gasteiger partial charge >= 0.3 is 0 Å². The van der Waals surface area contributed by atoms with Crippen LogP contribution in [0.15, 0.2) is 30.3 Å². The lowest BCUT2D eigenvalue weighted by Crippen LogP contribution is -2.23. The molecule has 5 heteroatoms. The lowest BCUT2D eigenvalue weighted by atomic mass is 10.0. The third kappa shape index (κ3) is 6.35. The zero-order valence-electron chi connectivity index (χ0n) is 9.82. The van der Waals surface area contributed by atoms with Crippen LogP contribution in [0.25, 0.3) is 0 Å². The van der Waals surface area contributed by atoms with E-state index in [9.17, 15) is 10.2 Å². The van der Waals surface area contributed by atoms with Crippen molar-refractivity contribution >= 4 is 0 Å². The Kier molecular flexibility index (Phi) is 7.69. The van der Waals surface area contributed by atoms with Crippen LogP contribution in [0.4, 0.5) is 0 Å². The normalized spacial score (nSPS) is 11.0. The number of rotatable bonds is 4. The molecular weight excluding hydrogens is 224 g/mol. The molecule has 0 unspecified atom stereocenters. The van der Waals surface area contributed by atoms with Crippen LogP contribution in [-0.4, -0.2) is 44.9 Å². The van der Waals surface area contributed by atoms with Gasteiger partial charge in [-0.1, -0.05) is 37.3 Å². The average molecular weight is 244 g/mol. The Morgan fingerprint density at radius 2 is 1.53 bits per heavy atom. The van der Waals surface area contributed by atoms with Crippen molar-refractivity contribution in [1.29, 1.82) is 0 Å². The zero-order valence-corrected chi connectivity index (χ0v) is 9.82. The first-order valence-corrected chi connectivity index (χ1v) is 5.38. The van der Waals surface area contributed by atoms with Gasteiger partial charge in [-0.2, -0.15) is 0 Å². The summed E-state index contributed by atoms with van der Waals surface area (Å²) in [6, 6.07) is 8.81. The minimum absolute atomic E-state index is 0.303. The van der Waals surface area contributed by atoms with E-state index in [1.54, 1.807) is 31.2 Å². The van der Waals surface area contributed by atoms with Crippen LogP contribution < -0.4 is 0 Å². The van der Waals surface area contributed by atoms with Gasteiger partial charge in [-0.25, -0.2) is 0 Å². The van der Waals surface area contributed by atoms with E-state index in [0.717, 1.165) is 0 Å². The Balaban J connectivity index is 0.000000366. The molecule has 0 bridgehead atoms. The number of aliphatic hydroxyl groups excluding tert-OH is 3. The highest BCUT2D eigenvalue weighted by Crippen LogP contribution is 2.20. The maximum absolute atomic E-state index is 9.35. The fraction of sp³-hybridized carbons (Fsp3) is 0.500. The minimum atomic E-state index is -1.67. The lowest BCUT2D eigenvalue weighted by Gasteiger charge is -2.19. The monoisotopic (exact) mass is 244 g/mol. The van der Waals surface area contributed by atoms with Gasteiger partial charge in [0, 0.05) is 12.0 Å². The van der Waals surface area contributed by atoms with E-state index in [1.165, 1.54) is 0 Å². The van der Waals surface area contributed by atoms with Crippen molar-refractivity contribution < 1.29 is 25.5 Å². The molecule has 0 saturated carbocycles. The van der Waals surface area contributed by atoms with Crippen LogP contribution in [0.3, 0.4) is 0 Å². The largest absolute Gasteiger partial charge is 0.394 e. The lowest BCUT2D eigenvalue weighted by molar-refractivity contribution is -0.171. The summed E-state index contributed by atoms with van der Waals surface area (Å²) in [5, 5.41) is 42.7. The van der Waals surface area contributed by atoms with Crippen LogP contribution in [0, 0.1) is 0 Å². The third-order valence-corrected chi connectivity index (χ3v) is 2.15. The molecule has 1 aromatic carbocycles. The van der Waals surface area contributed by atoms with E-state index < -0.39 is 11.9 Å². The van der Waals surface area contributed by atoms with Crippen LogP contribution >= 0.6 is 0 Å². The average Bonchev–Trinajstić information content (AvgIpc) is 2.39. The van der Waals surface area contributed by atoms with E-state index in [-0.39, 0.29) is 13.2 Å². The fourth-order valence-electron chi connectivity index (χ4n) is 0.967. The molecule has 0 saturated heterocycles. The van der Waals surface area contributed by atoms with Gasteiger partial charge in [0.1, 0.15) is 6.10 Å². The Hall–Kier alpha value is -0.980. The van der Waals surface area contributed by atoms with Gasteiger partial charge in [0.05, 0.1) is 13.2 Å². The summed E-state index contributed by atoms with van der Waals surface area (Å²) in [6.45, 7) is 1.00. The molecule has 0 heterocycles. The zero-order chi connectivity index (χ0) is 13.3. The molecule has 0 amide bonds. The molecule has 1 aromatic rings. The highest BCUT2D eigenvalue weighted by atomic mass is 16.5. The first kappa shape index (κ1) is 16.0. The summed E-state index contributed by atoms with van der Waals surface area (Å²) >= 11 is 0. The maximum atomic E-state index is 9.35. The minimum Gasteiger partial charge on any atom is -0.394 e. The maximum Gasteiger partial charge on any atom is 0.189 e. The van der Waals surface area contributed by atoms with E-state index in [2.05, 4.69) is 0 Å². The van der Waals surface area contributed by atoms with Crippen molar-refractivity contribution in [2.45, 2.75) is 25.2 Å². The Labute approximate surface area is 101 Å².